The fourth-order valence-electron chi connectivity index (χ4n) is 0. The Morgan fingerprint density at radius 1 is 0.324 bits per heavy atom. The van der Waals surface area contributed by atoms with Crippen molar-refractivity contribution in [3.05, 3.63) is 0 Å². The van der Waals surface area contributed by atoms with Crippen molar-refractivity contribution < 1.29 is 80.5 Å². The Labute approximate surface area is 234 Å². The van der Waals surface area contributed by atoms with Gasteiger partial charge in [-0.15, -0.1) is 0 Å². The van der Waals surface area contributed by atoms with Gasteiger partial charge in [0.1, 0.15) is 34.7 Å². The van der Waals surface area contributed by atoms with Gasteiger partial charge in [0.2, 0.25) is 0 Å². The van der Waals surface area contributed by atoms with Crippen LogP contribution in [0, 0.1) is 0 Å². The van der Waals surface area contributed by atoms with Crippen LogP contribution in [-0.4, -0.2) is 71.3 Å². The molecule has 0 aromatic heterocycles. The van der Waals surface area contributed by atoms with Crippen LogP contribution in [0.25, 0.3) is 0 Å². The second-order valence-corrected chi connectivity index (χ2v) is 7.52. The zero-order chi connectivity index (χ0) is 30.9. The molecule has 6 unspecified atom stereocenters. The molecular weight excluding hydrogens is 664 g/mol. The van der Waals surface area contributed by atoms with E-state index in [1.165, 1.54) is 83.1 Å². The van der Waals surface area contributed by atoms with E-state index in [1.807, 2.05) is 0 Å². The van der Waals surface area contributed by atoms with Gasteiger partial charge in [0.15, 0.2) is 0 Å². The van der Waals surface area contributed by atoms with Gasteiger partial charge in [-0.2, -0.15) is 0 Å². The van der Waals surface area contributed by atoms with Gasteiger partial charge in [0.05, 0.1) is 0 Å². The molecule has 0 aliphatic carbocycles. The van der Waals surface area contributed by atoms with Crippen LogP contribution >= 0.6 is 0 Å². The van der Waals surface area contributed by atoms with Gasteiger partial charge in [-0.1, -0.05) is 78.2 Å². The fraction of sp³-hybridized carbons (Fsp3) is 0.750. The second kappa shape index (κ2) is 32.5. The number of rotatable bonds is 6. The largest absolute Gasteiger partial charge is 0.847 e. The number of hydrogen-bond donors (Lipinski definition) is 0. The summed E-state index contributed by atoms with van der Waals surface area (Å²) in [6.45, 7) is 15.8. The van der Waals surface area contributed by atoms with Gasteiger partial charge >= 0.3 is 0 Å². The molecule has 0 fully saturated rings. The Kier molecular flexibility index (Phi) is 45.7. The number of carbonyl (C=O) groups is 6. The summed E-state index contributed by atoms with van der Waals surface area (Å²) >= 11 is 0. The number of carbonyl (C=O) groups excluding carboxylic acids is 6. The van der Waals surface area contributed by atoms with Crippen LogP contribution in [0.4, 0.5) is 0 Å². The standard InChI is InChI=1S/6C4H7O2.W/c6*1-3(5)4(2)6;/h6*3H,1-2H3;/q6*-1;. The Morgan fingerprint density at radius 2 is 0.351 bits per heavy atom. The van der Waals surface area contributed by atoms with E-state index in [1.54, 1.807) is 0 Å². The molecule has 0 aromatic carbocycles. The van der Waals surface area contributed by atoms with Crippen LogP contribution in [0.2, 0.25) is 0 Å². The molecule has 0 rings (SSSR count). The van der Waals surface area contributed by atoms with Gasteiger partial charge in [-0.25, -0.2) is 0 Å². The zero-order valence-corrected chi connectivity index (χ0v) is 26.7. The van der Waals surface area contributed by atoms with Crippen molar-refractivity contribution in [1.82, 2.24) is 0 Å². The summed E-state index contributed by atoms with van der Waals surface area (Å²) in [5.74, 6) is -1.78. The van der Waals surface area contributed by atoms with Gasteiger partial charge in [-0.3, -0.25) is 0 Å². The molecule has 37 heavy (non-hydrogen) atoms. The van der Waals surface area contributed by atoms with Crippen molar-refractivity contribution in [1.29, 1.82) is 0 Å². The first-order valence-corrected chi connectivity index (χ1v) is 10.8. The van der Waals surface area contributed by atoms with Crippen LogP contribution in [-0.2, 0) is 49.8 Å². The van der Waals surface area contributed by atoms with E-state index in [-0.39, 0.29) is 55.8 Å². The number of ketones is 6. The minimum atomic E-state index is -1.04. The maximum atomic E-state index is 9.88. The van der Waals surface area contributed by atoms with Crippen LogP contribution < -0.4 is 30.6 Å². The SMILES string of the molecule is CC(=O)C(C)[O-].CC(=O)C(C)[O-].CC(=O)C(C)[O-].CC(=O)C(C)[O-].CC(=O)C(C)[O-].CC(=O)C(C)[O-].[W]. The van der Waals surface area contributed by atoms with E-state index in [0.29, 0.717) is 0 Å². The smallest absolute Gasteiger partial charge is 0.116 e. The normalized spacial score (nSPS) is 13.5. The van der Waals surface area contributed by atoms with Crippen LogP contribution in [0.3, 0.4) is 0 Å². The van der Waals surface area contributed by atoms with Crippen molar-refractivity contribution >= 4 is 34.7 Å². The van der Waals surface area contributed by atoms with E-state index >= 15 is 0 Å². The third-order valence-corrected chi connectivity index (χ3v) is 3.43. The first kappa shape index (κ1) is 52.0. The molecule has 0 saturated carbocycles. The molecule has 0 heterocycles. The molecule has 0 radical (unpaired) electrons. The molecule has 222 valence electrons. The van der Waals surface area contributed by atoms with Gasteiger partial charge in [0.25, 0.3) is 0 Å². The Bertz CT molecular complexity index is 486. The summed E-state index contributed by atoms with van der Waals surface area (Å²) in [7, 11) is 0. The van der Waals surface area contributed by atoms with Crippen LogP contribution in [0.15, 0.2) is 0 Å². The average molecular weight is 706 g/mol. The maximum absolute atomic E-state index is 9.88. The minimum absolute atomic E-state index is 0. The van der Waals surface area contributed by atoms with Crippen molar-refractivity contribution in [3.8, 4) is 0 Å². The minimum Gasteiger partial charge on any atom is -0.847 e. The summed E-state index contributed by atoms with van der Waals surface area (Å²) in [5.41, 5.74) is 0. The summed E-state index contributed by atoms with van der Waals surface area (Å²) in [4.78, 5) is 59.0. The van der Waals surface area contributed by atoms with E-state index in [4.69, 9.17) is 0 Å². The molecule has 13 heteroatoms. The summed E-state index contributed by atoms with van der Waals surface area (Å²) < 4.78 is 0. The molecule has 0 bridgehead atoms. The Balaban J connectivity index is -0.0000000581. The predicted octanol–water partition coefficient (Wildman–Crippen LogP) is -4.06. The van der Waals surface area contributed by atoms with Crippen molar-refractivity contribution in [2.75, 3.05) is 0 Å². The molecule has 0 aromatic rings. The third-order valence-electron chi connectivity index (χ3n) is 3.43. The first-order valence-electron chi connectivity index (χ1n) is 10.8. The molecule has 0 N–H and O–H groups in total. The monoisotopic (exact) mass is 706 g/mol. The molecule has 6 atom stereocenters. The van der Waals surface area contributed by atoms with Crippen molar-refractivity contribution in [3.63, 3.8) is 0 Å². The van der Waals surface area contributed by atoms with Gasteiger partial charge < -0.3 is 59.4 Å². The quantitative estimate of drug-likeness (QED) is 0.256. The summed E-state index contributed by atoms with van der Waals surface area (Å²) in [6, 6.07) is 0. The van der Waals surface area contributed by atoms with Crippen LogP contribution in [0.1, 0.15) is 83.1 Å². The molecule has 0 amide bonds. The van der Waals surface area contributed by atoms with Crippen LogP contribution in [0.5, 0.6) is 0 Å². The van der Waals surface area contributed by atoms with Gasteiger partial charge in [0, 0.05) is 21.1 Å². The molecule has 0 spiro atoms. The number of hydrogen-bond acceptors (Lipinski definition) is 12. The van der Waals surface area contributed by atoms with Gasteiger partial charge in [-0.05, 0) is 41.5 Å². The third kappa shape index (κ3) is 72.0. The Morgan fingerprint density at radius 3 is 0.351 bits per heavy atom. The van der Waals surface area contributed by atoms with E-state index in [0.717, 1.165) is 0 Å². The predicted molar refractivity (Wildman–Crippen MR) is 121 cm³/mol. The fourth-order valence-corrected chi connectivity index (χ4v) is 0. The Hall–Kier alpha value is -1.53. The molecular formula is C24H42O12W-6. The topological polar surface area (TPSA) is 241 Å². The maximum Gasteiger partial charge on any atom is 0.116 e. The molecule has 12 nitrogen and oxygen atoms in total. The molecule has 0 aliphatic rings. The summed E-state index contributed by atoms with van der Waals surface area (Å²) in [5, 5.41) is 59.3. The zero-order valence-electron chi connectivity index (χ0n) is 23.8. The second-order valence-electron chi connectivity index (χ2n) is 7.52. The van der Waals surface area contributed by atoms with Crippen molar-refractivity contribution in [2.24, 2.45) is 0 Å². The average Bonchev–Trinajstić information content (AvgIpc) is 2.69. The van der Waals surface area contributed by atoms with Crippen molar-refractivity contribution in [2.45, 2.75) is 120 Å². The van der Waals surface area contributed by atoms with E-state index < -0.39 is 36.6 Å². The first-order chi connectivity index (χ1) is 15.9. The van der Waals surface area contributed by atoms with E-state index in [9.17, 15) is 59.4 Å². The molecule has 0 aliphatic heterocycles. The summed E-state index contributed by atoms with van der Waals surface area (Å²) in [6.07, 6.45) is -6.22. The number of Topliss-reactive ketones (excluding diaryl/α,β-unsaturated/α-hetero) is 6. The van der Waals surface area contributed by atoms with E-state index in [2.05, 4.69) is 0 Å². The molecule has 0 saturated heterocycles.